The summed E-state index contributed by atoms with van der Waals surface area (Å²) in [5.74, 6) is 0.600. The first-order valence-corrected chi connectivity index (χ1v) is 7.30. The molecule has 0 aliphatic heterocycles. The van der Waals surface area contributed by atoms with Crippen LogP contribution in [0.4, 0.5) is 13.2 Å². The highest BCUT2D eigenvalue weighted by atomic mass is 32.2. The van der Waals surface area contributed by atoms with Gasteiger partial charge in [0.15, 0.2) is 0 Å². The zero-order valence-electron chi connectivity index (χ0n) is 11.3. The Balaban J connectivity index is 1.91. The quantitative estimate of drug-likeness (QED) is 0.861. The third-order valence-corrected chi connectivity index (χ3v) is 3.75. The SMILES string of the molecule is CC(N)c1cn(CCSc2cccc(C(F)(F)F)c2)nn1. The van der Waals surface area contributed by atoms with Crippen LogP contribution in [0.1, 0.15) is 24.2 Å². The molecular formula is C13H15F3N4S. The molecule has 0 fully saturated rings. The van der Waals surface area contributed by atoms with Crippen molar-refractivity contribution < 1.29 is 13.2 Å². The fourth-order valence-electron chi connectivity index (χ4n) is 1.65. The standard InChI is InChI=1S/C13H15F3N4S/c1-9(17)12-8-20(19-18-12)5-6-21-11-4-2-3-10(7-11)13(14,15)16/h2-4,7-9H,5-6,17H2,1H3. The largest absolute Gasteiger partial charge is 0.416 e. The van der Waals surface area contributed by atoms with E-state index in [9.17, 15) is 13.2 Å². The van der Waals surface area contributed by atoms with E-state index in [1.165, 1.54) is 17.8 Å². The Kier molecular flexibility index (Phi) is 4.89. The number of aromatic nitrogens is 3. The van der Waals surface area contributed by atoms with Gasteiger partial charge in [0.25, 0.3) is 0 Å². The number of rotatable bonds is 5. The number of hydrogen-bond donors (Lipinski definition) is 1. The van der Waals surface area contributed by atoms with Crippen molar-refractivity contribution in [2.24, 2.45) is 5.73 Å². The van der Waals surface area contributed by atoms with E-state index in [-0.39, 0.29) is 6.04 Å². The van der Waals surface area contributed by atoms with Gasteiger partial charge in [0.2, 0.25) is 0 Å². The molecular weight excluding hydrogens is 301 g/mol. The van der Waals surface area contributed by atoms with Crippen LogP contribution in [0.15, 0.2) is 35.4 Å². The number of halogens is 3. The number of thioether (sulfide) groups is 1. The Morgan fingerprint density at radius 1 is 1.38 bits per heavy atom. The van der Waals surface area contributed by atoms with Gasteiger partial charge in [-0.15, -0.1) is 16.9 Å². The monoisotopic (exact) mass is 316 g/mol. The summed E-state index contributed by atoms with van der Waals surface area (Å²) >= 11 is 1.34. The van der Waals surface area contributed by atoms with E-state index in [1.807, 2.05) is 6.92 Å². The van der Waals surface area contributed by atoms with Crippen LogP contribution in [0, 0.1) is 0 Å². The molecule has 0 spiro atoms. The van der Waals surface area contributed by atoms with E-state index in [2.05, 4.69) is 10.3 Å². The molecule has 0 radical (unpaired) electrons. The van der Waals surface area contributed by atoms with Crippen molar-refractivity contribution in [1.29, 1.82) is 0 Å². The maximum absolute atomic E-state index is 12.6. The van der Waals surface area contributed by atoms with Gasteiger partial charge in [0.05, 0.1) is 24.0 Å². The average molecular weight is 316 g/mol. The normalized spacial score (nSPS) is 13.4. The number of alkyl halides is 3. The van der Waals surface area contributed by atoms with Crippen LogP contribution < -0.4 is 5.73 Å². The molecule has 0 saturated heterocycles. The van der Waals surface area contributed by atoms with Crippen LogP contribution in [0.2, 0.25) is 0 Å². The summed E-state index contributed by atoms with van der Waals surface area (Å²) in [5.41, 5.74) is 5.74. The lowest BCUT2D eigenvalue weighted by atomic mass is 10.2. The molecule has 8 heteroatoms. The number of aryl methyl sites for hydroxylation is 1. The summed E-state index contributed by atoms with van der Waals surface area (Å²) in [5, 5.41) is 7.84. The lowest BCUT2D eigenvalue weighted by Crippen LogP contribution is -2.05. The van der Waals surface area contributed by atoms with Crippen LogP contribution in [-0.2, 0) is 12.7 Å². The van der Waals surface area contributed by atoms with E-state index < -0.39 is 11.7 Å². The molecule has 114 valence electrons. The molecule has 1 atom stereocenters. The number of nitrogens with zero attached hydrogens (tertiary/aromatic N) is 3. The third-order valence-electron chi connectivity index (χ3n) is 2.77. The van der Waals surface area contributed by atoms with Gasteiger partial charge in [-0.3, -0.25) is 4.68 Å². The topological polar surface area (TPSA) is 56.7 Å². The molecule has 2 rings (SSSR count). The maximum Gasteiger partial charge on any atom is 0.416 e. The number of nitrogens with two attached hydrogens (primary N) is 1. The van der Waals surface area contributed by atoms with Gasteiger partial charge in [-0.05, 0) is 25.1 Å². The minimum absolute atomic E-state index is 0.185. The first kappa shape index (κ1) is 15.8. The second-order valence-electron chi connectivity index (χ2n) is 4.57. The number of hydrogen-bond acceptors (Lipinski definition) is 4. The molecule has 1 aromatic carbocycles. The average Bonchev–Trinajstić information content (AvgIpc) is 2.87. The van der Waals surface area contributed by atoms with Crippen molar-refractivity contribution in [3.05, 3.63) is 41.7 Å². The first-order chi connectivity index (χ1) is 9.86. The zero-order valence-corrected chi connectivity index (χ0v) is 12.2. The smallest absolute Gasteiger partial charge is 0.323 e. The highest BCUT2D eigenvalue weighted by Gasteiger charge is 2.30. The molecule has 1 heterocycles. The fourth-order valence-corrected chi connectivity index (χ4v) is 2.55. The van der Waals surface area contributed by atoms with E-state index in [1.54, 1.807) is 16.9 Å². The molecule has 2 N–H and O–H groups in total. The van der Waals surface area contributed by atoms with Crippen molar-refractivity contribution in [1.82, 2.24) is 15.0 Å². The van der Waals surface area contributed by atoms with Crippen molar-refractivity contribution >= 4 is 11.8 Å². The molecule has 1 unspecified atom stereocenters. The molecule has 2 aromatic rings. The zero-order chi connectivity index (χ0) is 15.5. The van der Waals surface area contributed by atoms with Crippen molar-refractivity contribution in [3.63, 3.8) is 0 Å². The third kappa shape index (κ3) is 4.47. The van der Waals surface area contributed by atoms with Crippen LogP contribution >= 0.6 is 11.8 Å². The van der Waals surface area contributed by atoms with Crippen molar-refractivity contribution in [2.75, 3.05) is 5.75 Å². The predicted molar refractivity (Wildman–Crippen MR) is 74.8 cm³/mol. The van der Waals surface area contributed by atoms with E-state index >= 15 is 0 Å². The summed E-state index contributed by atoms with van der Waals surface area (Å²) in [7, 11) is 0. The van der Waals surface area contributed by atoms with Gasteiger partial charge in [-0.25, -0.2) is 0 Å². The van der Waals surface area contributed by atoms with Crippen LogP contribution in [0.3, 0.4) is 0 Å². The predicted octanol–water partition coefficient (Wildman–Crippen LogP) is 3.11. The van der Waals surface area contributed by atoms with E-state index in [0.717, 1.165) is 12.1 Å². The summed E-state index contributed by atoms with van der Waals surface area (Å²) in [6, 6.07) is 5.11. The van der Waals surface area contributed by atoms with E-state index in [4.69, 9.17) is 5.73 Å². The van der Waals surface area contributed by atoms with Crippen molar-refractivity contribution in [2.45, 2.75) is 30.6 Å². The highest BCUT2D eigenvalue weighted by Crippen LogP contribution is 2.31. The Labute approximate surface area is 124 Å². The summed E-state index contributed by atoms with van der Waals surface area (Å²) < 4.78 is 39.4. The van der Waals surface area contributed by atoms with E-state index in [0.29, 0.717) is 22.9 Å². The maximum atomic E-state index is 12.6. The fraction of sp³-hybridized carbons (Fsp3) is 0.385. The first-order valence-electron chi connectivity index (χ1n) is 6.32. The molecule has 0 aliphatic carbocycles. The summed E-state index contributed by atoms with van der Waals surface area (Å²) in [6.45, 7) is 2.37. The van der Waals surface area contributed by atoms with Gasteiger partial charge in [0, 0.05) is 16.7 Å². The molecule has 0 bridgehead atoms. The van der Waals surface area contributed by atoms with Gasteiger partial charge < -0.3 is 5.73 Å². The Bertz CT molecular complexity index is 595. The molecule has 0 saturated carbocycles. The Hall–Kier alpha value is -1.54. The van der Waals surface area contributed by atoms with Crippen LogP contribution in [0.5, 0.6) is 0 Å². The number of benzene rings is 1. The van der Waals surface area contributed by atoms with Gasteiger partial charge in [0.1, 0.15) is 0 Å². The van der Waals surface area contributed by atoms with Gasteiger partial charge >= 0.3 is 6.18 Å². The second-order valence-corrected chi connectivity index (χ2v) is 5.74. The molecule has 21 heavy (non-hydrogen) atoms. The highest BCUT2D eigenvalue weighted by molar-refractivity contribution is 7.99. The van der Waals surface area contributed by atoms with Crippen LogP contribution in [-0.4, -0.2) is 20.7 Å². The molecule has 1 aromatic heterocycles. The lowest BCUT2D eigenvalue weighted by molar-refractivity contribution is -0.137. The van der Waals surface area contributed by atoms with Crippen LogP contribution in [0.25, 0.3) is 0 Å². The molecule has 0 amide bonds. The van der Waals surface area contributed by atoms with Gasteiger partial charge in [-0.2, -0.15) is 13.2 Å². The molecule has 4 nitrogen and oxygen atoms in total. The van der Waals surface area contributed by atoms with Crippen molar-refractivity contribution in [3.8, 4) is 0 Å². The summed E-state index contributed by atoms with van der Waals surface area (Å²) in [6.07, 6.45) is -2.56. The Morgan fingerprint density at radius 3 is 2.76 bits per heavy atom. The lowest BCUT2D eigenvalue weighted by Gasteiger charge is -2.08. The minimum atomic E-state index is -4.31. The minimum Gasteiger partial charge on any atom is -0.323 e. The Morgan fingerprint density at radius 2 is 2.14 bits per heavy atom. The summed E-state index contributed by atoms with van der Waals surface area (Å²) in [4.78, 5) is 0.581. The second kappa shape index (κ2) is 6.48. The molecule has 0 aliphatic rings. The van der Waals surface area contributed by atoms with Gasteiger partial charge in [-0.1, -0.05) is 11.3 Å².